The van der Waals surface area contributed by atoms with Gasteiger partial charge in [-0.15, -0.1) is 0 Å². The second-order valence-electron chi connectivity index (χ2n) is 3.76. The van der Waals surface area contributed by atoms with Gasteiger partial charge in [-0.1, -0.05) is 18.2 Å². The lowest BCUT2D eigenvalue weighted by atomic mass is 10.2. The zero-order valence-electron chi connectivity index (χ0n) is 9.40. The summed E-state index contributed by atoms with van der Waals surface area (Å²) in [6.07, 6.45) is 0. The molecule has 1 unspecified atom stereocenters. The maximum atomic E-state index is 13.4. The van der Waals surface area contributed by atoms with Crippen LogP contribution in [0.2, 0.25) is 0 Å². The predicted molar refractivity (Wildman–Crippen MR) is 67.3 cm³/mol. The highest BCUT2D eigenvalue weighted by Crippen LogP contribution is 2.20. The smallest absolute Gasteiger partial charge is 0.139 e. The molecule has 0 amide bonds. The summed E-state index contributed by atoms with van der Waals surface area (Å²) in [5.41, 5.74) is 6.85. The Balaban J connectivity index is 2.28. The first-order valence-corrected chi connectivity index (χ1v) is 6.56. The van der Waals surface area contributed by atoms with Crippen LogP contribution >= 0.6 is 0 Å². The van der Waals surface area contributed by atoms with E-state index in [9.17, 15) is 13.0 Å². The Bertz CT molecular complexity index is 601. The van der Waals surface area contributed by atoms with Gasteiger partial charge in [-0.3, -0.25) is 4.21 Å². The van der Waals surface area contributed by atoms with E-state index in [0.29, 0.717) is 11.3 Å². The first kappa shape index (κ1) is 12.7. The molecule has 0 aliphatic rings. The van der Waals surface area contributed by atoms with Crippen molar-refractivity contribution in [2.75, 3.05) is 5.73 Å². The van der Waals surface area contributed by atoms with Gasteiger partial charge in [-0.05, 0) is 29.8 Å². The summed E-state index contributed by atoms with van der Waals surface area (Å²) in [5.74, 6) is -1.22. The fraction of sp³-hybridized carbons (Fsp3) is 0.0769. The molecule has 2 aromatic rings. The molecule has 0 aliphatic carbocycles. The maximum Gasteiger partial charge on any atom is 0.139 e. The number of rotatable bonds is 3. The quantitative estimate of drug-likeness (QED) is 0.869. The van der Waals surface area contributed by atoms with Gasteiger partial charge >= 0.3 is 0 Å². The monoisotopic (exact) mass is 267 g/mol. The minimum Gasteiger partial charge on any atom is -0.398 e. The van der Waals surface area contributed by atoms with Crippen LogP contribution in [0.4, 0.5) is 14.5 Å². The number of halogens is 2. The fourth-order valence-electron chi connectivity index (χ4n) is 1.54. The van der Waals surface area contributed by atoms with Gasteiger partial charge in [0.2, 0.25) is 0 Å². The summed E-state index contributed by atoms with van der Waals surface area (Å²) < 4.78 is 38.4. The normalized spacial score (nSPS) is 12.3. The van der Waals surface area contributed by atoms with Gasteiger partial charge in [0.05, 0.1) is 21.4 Å². The summed E-state index contributed by atoms with van der Waals surface area (Å²) in [4.78, 5) is -0.141. The number of anilines is 1. The van der Waals surface area contributed by atoms with Crippen molar-refractivity contribution < 1.29 is 13.0 Å². The number of nitrogen functional groups attached to an aromatic ring is 1. The molecule has 2 N–H and O–H groups in total. The SMILES string of the molecule is Nc1ccccc1CS(=O)c1cc(F)ccc1F. The Morgan fingerprint density at radius 3 is 2.56 bits per heavy atom. The Morgan fingerprint density at radius 1 is 1.11 bits per heavy atom. The number of hydrogen-bond donors (Lipinski definition) is 1. The third-order valence-corrected chi connectivity index (χ3v) is 3.86. The largest absolute Gasteiger partial charge is 0.398 e. The van der Waals surface area contributed by atoms with Gasteiger partial charge in [-0.25, -0.2) is 8.78 Å². The van der Waals surface area contributed by atoms with Gasteiger partial charge < -0.3 is 5.73 Å². The Labute approximate surface area is 106 Å². The van der Waals surface area contributed by atoms with Crippen molar-refractivity contribution >= 4 is 16.5 Å². The Morgan fingerprint density at radius 2 is 1.83 bits per heavy atom. The van der Waals surface area contributed by atoms with Crippen molar-refractivity contribution in [3.05, 3.63) is 59.7 Å². The van der Waals surface area contributed by atoms with Crippen molar-refractivity contribution in [2.24, 2.45) is 0 Å². The van der Waals surface area contributed by atoms with Crippen LogP contribution in [0.15, 0.2) is 47.4 Å². The van der Waals surface area contributed by atoms with Crippen molar-refractivity contribution in [1.29, 1.82) is 0 Å². The highest BCUT2D eigenvalue weighted by atomic mass is 32.2. The van der Waals surface area contributed by atoms with Crippen molar-refractivity contribution in [1.82, 2.24) is 0 Å². The molecule has 0 spiro atoms. The number of para-hydroxylation sites is 1. The van der Waals surface area contributed by atoms with E-state index in [1.54, 1.807) is 24.3 Å². The first-order chi connectivity index (χ1) is 8.58. The van der Waals surface area contributed by atoms with Crippen LogP contribution < -0.4 is 5.73 Å². The molecule has 0 aliphatic heterocycles. The number of benzene rings is 2. The average Bonchev–Trinajstić information content (AvgIpc) is 2.35. The van der Waals surface area contributed by atoms with Gasteiger partial charge in [0, 0.05) is 5.69 Å². The molecule has 0 fully saturated rings. The summed E-state index contributed by atoms with van der Waals surface area (Å²) >= 11 is 0. The minimum absolute atomic E-state index is 0.0625. The Hall–Kier alpha value is -1.75. The molecule has 0 saturated carbocycles. The molecule has 2 aromatic carbocycles. The van der Waals surface area contributed by atoms with Crippen LogP contribution in [0.25, 0.3) is 0 Å². The molecule has 0 bridgehead atoms. The van der Waals surface area contributed by atoms with Crippen LogP contribution in [0.3, 0.4) is 0 Å². The number of hydrogen-bond acceptors (Lipinski definition) is 2. The zero-order chi connectivity index (χ0) is 13.1. The lowest BCUT2D eigenvalue weighted by molar-refractivity contribution is 0.572. The molecule has 2 nitrogen and oxygen atoms in total. The molecule has 0 saturated heterocycles. The van der Waals surface area contributed by atoms with Crippen molar-refractivity contribution in [3.8, 4) is 0 Å². The second-order valence-corrected chi connectivity index (χ2v) is 5.18. The molecular weight excluding hydrogens is 256 g/mol. The zero-order valence-corrected chi connectivity index (χ0v) is 10.2. The van der Waals surface area contributed by atoms with E-state index >= 15 is 0 Å². The van der Waals surface area contributed by atoms with Gasteiger partial charge in [-0.2, -0.15) is 0 Å². The lowest BCUT2D eigenvalue weighted by Crippen LogP contribution is -2.02. The van der Waals surface area contributed by atoms with Gasteiger partial charge in [0.25, 0.3) is 0 Å². The molecule has 0 radical (unpaired) electrons. The summed E-state index contributed by atoms with van der Waals surface area (Å²) in [7, 11) is -1.66. The van der Waals surface area contributed by atoms with Gasteiger partial charge in [0.15, 0.2) is 0 Å². The van der Waals surface area contributed by atoms with Gasteiger partial charge in [0.1, 0.15) is 11.6 Å². The minimum atomic E-state index is -1.66. The molecule has 1 atom stereocenters. The second kappa shape index (κ2) is 5.27. The predicted octanol–water partition coefficient (Wildman–Crippen LogP) is 2.85. The maximum absolute atomic E-state index is 13.4. The van der Waals surface area contributed by atoms with Crippen LogP contribution in [-0.2, 0) is 16.6 Å². The van der Waals surface area contributed by atoms with Crippen molar-refractivity contribution in [3.63, 3.8) is 0 Å². The van der Waals surface area contributed by atoms with Crippen LogP contribution in [0, 0.1) is 11.6 Å². The molecule has 18 heavy (non-hydrogen) atoms. The lowest BCUT2D eigenvalue weighted by Gasteiger charge is -2.06. The van der Waals surface area contributed by atoms with E-state index in [1.165, 1.54) is 0 Å². The Kier molecular flexibility index (Phi) is 3.72. The average molecular weight is 267 g/mol. The highest BCUT2D eigenvalue weighted by molar-refractivity contribution is 7.84. The fourth-order valence-corrected chi connectivity index (χ4v) is 2.77. The summed E-state index contributed by atoms with van der Waals surface area (Å²) in [6, 6.07) is 9.81. The van der Waals surface area contributed by atoms with Crippen LogP contribution in [0.1, 0.15) is 5.56 Å². The van der Waals surface area contributed by atoms with E-state index in [-0.39, 0.29) is 10.6 Å². The molecule has 94 valence electrons. The van der Waals surface area contributed by atoms with Crippen LogP contribution in [-0.4, -0.2) is 4.21 Å². The summed E-state index contributed by atoms with van der Waals surface area (Å²) in [5, 5.41) is 0. The molecule has 0 aromatic heterocycles. The summed E-state index contributed by atoms with van der Waals surface area (Å²) in [6.45, 7) is 0. The van der Waals surface area contributed by atoms with Crippen LogP contribution in [0.5, 0.6) is 0 Å². The van der Waals surface area contributed by atoms with E-state index in [4.69, 9.17) is 5.73 Å². The topological polar surface area (TPSA) is 43.1 Å². The third kappa shape index (κ3) is 2.73. The molecular formula is C13H11F2NOS. The van der Waals surface area contributed by atoms with E-state index < -0.39 is 22.4 Å². The van der Waals surface area contributed by atoms with E-state index in [1.807, 2.05) is 0 Å². The third-order valence-electron chi connectivity index (χ3n) is 2.48. The molecule has 0 heterocycles. The van der Waals surface area contributed by atoms with E-state index in [2.05, 4.69) is 0 Å². The standard InChI is InChI=1S/C13H11F2NOS/c14-10-5-6-11(15)13(7-10)18(17)8-9-3-1-2-4-12(9)16/h1-7H,8,16H2. The molecule has 2 rings (SSSR count). The first-order valence-electron chi connectivity index (χ1n) is 5.25. The van der Waals surface area contributed by atoms with E-state index in [0.717, 1.165) is 18.2 Å². The molecule has 5 heteroatoms. The number of nitrogens with two attached hydrogens (primary N) is 1. The highest BCUT2D eigenvalue weighted by Gasteiger charge is 2.13. The van der Waals surface area contributed by atoms with Crippen molar-refractivity contribution in [2.45, 2.75) is 10.6 Å².